The number of rotatable bonds is 4. The van der Waals surface area contributed by atoms with Gasteiger partial charge < -0.3 is 0 Å². The molecule has 0 saturated carbocycles. The van der Waals surface area contributed by atoms with Crippen molar-refractivity contribution >= 4 is 21.6 Å². The topological polar surface area (TPSA) is 37.4 Å². The first kappa shape index (κ1) is 15.8. The zero-order valence-electron chi connectivity index (χ0n) is 12.3. The third-order valence-electron chi connectivity index (χ3n) is 4.06. The van der Waals surface area contributed by atoms with Crippen molar-refractivity contribution in [2.75, 3.05) is 6.54 Å². The van der Waals surface area contributed by atoms with E-state index in [-0.39, 0.29) is 5.54 Å². The standard InChI is InChI=1S/C15H22ClNO2S/c1-4-13-7-6-12(11-16)10-14(13)20(18,19)17-9-5-8-15(17,2)3/h6-7,10H,4-5,8-9,11H2,1-3H3. The molecule has 0 radical (unpaired) electrons. The van der Waals surface area contributed by atoms with Crippen LogP contribution in [-0.4, -0.2) is 24.8 Å². The molecule has 5 heteroatoms. The molecule has 1 saturated heterocycles. The number of hydrogen-bond donors (Lipinski definition) is 0. The lowest BCUT2D eigenvalue weighted by Gasteiger charge is -2.31. The van der Waals surface area contributed by atoms with Gasteiger partial charge in [-0.1, -0.05) is 19.1 Å². The van der Waals surface area contributed by atoms with Crippen molar-refractivity contribution in [1.82, 2.24) is 4.31 Å². The van der Waals surface area contributed by atoms with Gasteiger partial charge in [0.15, 0.2) is 0 Å². The first-order chi connectivity index (χ1) is 9.32. The lowest BCUT2D eigenvalue weighted by atomic mass is 10.0. The molecule has 1 fully saturated rings. The zero-order chi connectivity index (χ0) is 15.0. The minimum atomic E-state index is -3.45. The van der Waals surface area contributed by atoms with Crippen LogP contribution >= 0.6 is 11.6 Å². The van der Waals surface area contributed by atoms with Crippen LogP contribution in [0.1, 0.15) is 44.7 Å². The largest absolute Gasteiger partial charge is 0.243 e. The minimum absolute atomic E-state index is 0.305. The summed E-state index contributed by atoms with van der Waals surface area (Å²) >= 11 is 5.85. The summed E-state index contributed by atoms with van der Waals surface area (Å²) in [6.45, 7) is 6.57. The number of halogens is 1. The molecule has 0 amide bonds. The highest BCUT2D eigenvalue weighted by molar-refractivity contribution is 7.89. The summed E-state index contributed by atoms with van der Waals surface area (Å²) in [5.41, 5.74) is 1.40. The predicted octanol–water partition coefficient (Wildman–Crippen LogP) is 3.55. The van der Waals surface area contributed by atoms with Crippen LogP contribution in [0.5, 0.6) is 0 Å². The second-order valence-electron chi connectivity index (χ2n) is 5.92. The maximum atomic E-state index is 13.0. The Hall–Kier alpha value is -0.580. The Kier molecular flexibility index (Phi) is 4.47. The molecule has 2 rings (SSSR count). The Morgan fingerprint density at radius 3 is 2.55 bits per heavy atom. The van der Waals surface area contributed by atoms with Gasteiger partial charge in [0.25, 0.3) is 0 Å². The normalized spacial score (nSPS) is 19.4. The molecule has 1 aliphatic heterocycles. The van der Waals surface area contributed by atoms with E-state index < -0.39 is 10.0 Å². The molecule has 0 bridgehead atoms. The van der Waals surface area contributed by atoms with E-state index in [1.165, 1.54) is 0 Å². The lowest BCUT2D eigenvalue weighted by Crippen LogP contribution is -2.42. The molecule has 1 heterocycles. The van der Waals surface area contributed by atoms with Gasteiger partial charge in [-0.25, -0.2) is 8.42 Å². The van der Waals surface area contributed by atoms with Crippen molar-refractivity contribution in [2.45, 2.75) is 56.3 Å². The summed E-state index contributed by atoms with van der Waals surface area (Å²) in [4.78, 5) is 0.424. The van der Waals surface area contributed by atoms with Crippen LogP contribution in [-0.2, 0) is 22.3 Å². The van der Waals surface area contributed by atoms with E-state index in [1.807, 2.05) is 32.9 Å². The maximum Gasteiger partial charge on any atom is 0.243 e. The smallest absolute Gasteiger partial charge is 0.207 e. The quantitative estimate of drug-likeness (QED) is 0.797. The third kappa shape index (κ3) is 2.74. The summed E-state index contributed by atoms with van der Waals surface area (Å²) in [6, 6.07) is 5.52. The molecule has 112 valence electrons. The highest BCUT2D eigenvalue weighted by Gasteiger charge is 2.41. The number of sulfonamides is 1. The van der Waals surface area contributed by atoms with Gasteiger partial charge in [0, 0.05) is 18.0 Å². The maximum absolute atomic E-state index is 13.0. The summed E-state index contributed by atoms with van der Waals surface area (Å²) in [6.07, 6.45) is 2.52. The fraction of sp³-hybridized carbons (Fsp3) is 0.600. The Bertz CT molecular complexity index is 596. The van der Waals surface area contributed by atoms with Crippen LogP contribution in [0.2, 0.25) is 0 Å². The van der Waals surface area contributed by atoms with E-state index in [0.29, 0.717) is 23.7 Å². The third-order valence-corrected chi connectivity index (χ3v) is 6.56. The SMILES string of the molecule is CCc1ccc(CCl)cc1S(=O)(=O)N1CCCC1(C)C. The van der Waals surface area contributed by atoms with E-state index in [4.69, 9.17) is 11.6 Å². The molecule has 1 aliphatic rings. The molecule has 1 aromatic rings. The minimum Gasteiger partial charge on any atom is -0.207 e. The molecule has 0 aromatic heterocycles. The molecule has 0 aliphatic carbocycles. The van der Waals surface area contributed by atoms with Gasteiger partial charge in [0.1, 0.15) is 0 Å². The van der Waals surface area contributed by atoms with Gasteiger partial charge in [0.05, 0.1) is 4.90 Å². The lowest BCUT2D eigenvalue weighted by molar-refractivity contribution is 0.291. The van der Waals surface area contributed by atoms with Crippen LogP contribution < -0.4 is 0 Å². The van der Waals surface area contributed by atoms with E-state index in [2.05, 4.69) is 0 Å². The number of aryl methyl sites for hydroxylation is 1. The summed E-state index contributed by atoms with van der Waals surface area (Å²) in [5.74, 6) is 0.329. The van der Waals surface area contributed by atoms with Gasteiger partial charge >= 0.3 is 0 Å². The fourth-order valence-corrected chi connectivity index (χ4v) is 5.22. The Morgan fingerprint density at radius 2 is 2.05 bits per heavy atom. The number of hydrogen-bond acceptors (Lipinski definition) is 2. The average molecular weight is 316 g/mol. The highest BCUT2D eigenvalue weighted by atomic mass is 35.5. The monoisotopic (exact) mass is 315 g/mol. The van der Waals surface area contributed by atoms with Crippen molar-refractivity contribution in [1.29, 1.82) is 0 Å². The van der Waals surface area contributed by atoms with Crippen molar-refractivity contribution in [2.24, 2.45) is 0 Å². The fourth-order valence-electron chi connectivity index (χ4n) is 2.86. The van der Waals surface area contributed by atoms with E-state index in [1.54, 1.807) is 10.4 Å². The summed E-state index contributed by atoms with van der Waals surface area (Å²) in [7, 11) is -3.45. The first-order valence-electron chi connectivity index (χ1n) is 7.03. The predicted molar refractivity (Wildman–Crippen MR) is 82.6 cm³/mol. The number of nitrogens with zero attached hydrogens (tertiary/aromatic N) is 1. The molecule has 0 unspecified atom stereocenters. The van der Waals surface area contributed by atoms with Gasteiger partial charge in [0.2, 0.25) is 10.0 Å². The van der Waals surface area contributed by atoms with E-state index in [0.717, 1.165) is 24.0 Å². The molecule has 0 atom stereocenters. The Balaban J connectivity index is 2.54. The van der Waals surface area contributed by atoms with Crippen LogP contribution in [0.3, 0.4) is 0 Å². The van der Waals surface area contributed by atoms with Crippen LogP contribution in [0.15, 0.2) is 23.1 Å². The van der Waals surface area contributed by atoms with Gasteiger partial charge in [-0.2, -0.15) is 4.31 Å². The highest BCUT2D eigenvalue weighted by Crippen LogP contribution is 2.35. The molecule has 0 spiro atoms. The zero-order valence-corrected chi connectivity index (χ0v) is 13.9. The van der Waals surface area contributed by atoms with Gasteiger partial charge in [-0.15, -0.1) is 11.6 Å². The average Bonchev–Trinajstić information content (AvgIpc) is 2.78. The Labute approximate surface area is 127 Å². The second kappa shape index (κ2) is 5.66. The van der Waals surface area contributed by atoms with Crippen molar-refractivity contribution in [3.63, 3.8) is 0 Å². The summed E-state index contributed by atoms with van der Waals surface area (Å²) in [5, 5.41) is 0. The number of alkyl halides is 1. The summed E-state index contributed by atoms with van der Waals surface area (Å²) < 4.78 is 27.6. The molecule has 0 N–H and O–H groups in total. The first-order valence-corrected chi connectivity index (χ1v) is 9.01. The van der Waals surface area contributed by atoms with Crippen LogP contribution in [0.4, 0.5) is 0 Å². The van der Waals surface area contributed by atoms with Crippen LogP contribution in [0, 0.1) is 0 Å². The molecular formula is C15H22ClNO2S. The molecule has 1 aromatic carbocycles. The second-order valence-corrected chi connectivity index (χ2v) is 8.02. The van der Waals surface area contributed by atoms with Gasteiger partial charge in [-0.05, 0) is 50.3 Å². The van der Waals surface area contributed by atoms with Crippen molar-refractivity contribution in [3.8, 4) is 0 Å². The van der Waals surface area contributed by atoms with Crippen molar-refractivity contribution < 1.29 is 8.42 Å². The number of benzene rings is 1. The Morgan fingerprint density at radius 1 is 1.35 bits per heavy atom. The molecular weight excluding hydrogens is 294 g/mol. The van der Waals surface area contributed by atoms with Crippen molar-refractivity contribution in [3.05, 3.63) is 29.3 Å². The van der Waals surface area contributed by atoms with E-state index >= 15 is 0 Å². The van der Waals surface area contributed by atoms with Gasteiger partial charge in [-0.3, -0.25) is 0 Å². The van der Waals surface area contributed by atoms with E-state index in [9.17, 15) is 8.42 Å². The van der Waals surface area contributed by atoms with Crippen LogP contribution in [0.25, 0.3) is 0 Å². The molecule has 3 nitrogen and oxygen atoms in total. The molecule has 20 heavy (non-hydrogen) atoms.